The van der Waals surface area contributed by atoms with E-state index in [0.717, 1.165) is 29.9 Å². The average Bonchev–Trinajstić information content (AvgIpc) is 3.00. The second-order valence-corrected chi connectivity index (χ2v) is 8.70. The van der Waals surface area contributed by atoms with Crippen LogP contribution < -0.4 is 0 Å². The molecule has 1 fully saturated rings. The summed E-state index contributed by atoms with van der Waals surface area (Å²) in [6.45, 7) is 2.86. The molecule has 2 aromatic rings. The molecule has 8 nitrogen and oxygen atoms in total. The highest BCUT2D eigenvalue weighted by Crippen LogP contribution is 2.29. The average molecular weight is 364 g/mol. The van der Waals surface area contributed by atoms with Crippen molar-refractivity contribution in [2.45, 2.75) is 25.7 Å². The lowest BCUT2D eigenvalue weighted by molar-refractivity contribution is 0.296. The zero-order chi connectivity index (χ0) is 18.2. The van der Waals surface area contributed by atoms with Crippen molar-refractivity contribution in [3.63, 3.8) is 0 Å². The summed E-state index contributed by atoms with van der Waals surface area (Å²) in [4.78, 5) is 9.10. The maximum atomic E-state index is 12.4. The number of aromatic nitrogens is 4. The second kappa shape index (κ2) is 6.81. The van der Waals surface area contributed by atoms with Crippen LogP contribution in [0, 0.1) is 6.92 Å². The zero-order valence-electron chi connectivity index (χ0n) is 15.0. The molecule has 0 N–H and O–H groups in total. The molecule has 3 rings (SSSR count). The smallest absolute Gasteiger partial charge is 0.266 e. The first-order chi connectivity index (χ1) is 11.8. The van der Waals surface area contributed by atoms with Crippen molar-refractivity contribution in [3.8, 4) is 11.4 Å². The third-order valence-corrected chi connectivity index (χ3v) is 6.44. The van der Waals surface area contributed by atoms with Crippen molar-refractivity contribution < 1.29 is 8.42 Å². The van der Waals surface area contributed by atoms with E-state index < -0.39 is 10.2 Å². The first-order valence-corrected chi connectivity index (χ1v) is 9.70. The Bertz CT molecular complexity index is 861. The molecule has 1 atom stereocenters. The van der Waals surface area contributed by atoms with Crippen molar-refractivity contribution in [2.75, 3.05) is 27.2 Å². The Morgan fingerprint density at radius 3 is 2.68 bits per heavy atom. The minimum Gasteiger partial charge on any atom is -0.266 e. The van der Waals surface area contributed by atoms with Crippen LogP contribution in [0.1, 0.15) is 30.3 Å². The molecule has 0 saturated carbocycles. The van der Waals surface area contributed by atoms with Crippen LogP contribution in [0.2, 0.25) is 0 Å². The van der Waals surface area contributed by atoms with Crippen molar-refractivity contribution in [3.05, 3.63) is 29.8 Å². The molecule has 1 aliphatic heterocycles. The van der Waals surface area contributed by atoms with Gasteiger partial charge in [-0.15, -0.1) is 0 Å². The lowest BCUT2D eigenvalue weighted by Gasteiger charge is -2.33. The Hall–Kier alpha value is -1.84. The molecule has 0 radical (unpaired) electrons. The third kappa shape index (κ3) is 3.58. The standard InChI is InChI=1S/C16H24N6O2S/c1-12-18-14(10-15(19-12)16-7-8-17-21(16)4)13-6-5-9-22(11-13)25(23,24)20(2)3/h7-8,10,13H,5-6,9,11H2,1-4H3/t13-/m0/s1. The summed E-state index contributed by atoms with van der Waals surface area (Å²) in [5.74, 6) is 0.749. The molecule has 0 amide bonds. The fourth-order valence-electron chi connectivity index (χ4n) is 3.18. The molecule has 1 saturated heterocycles. The van der Waals surface area contributed by atoms with Crippen molar-refractivity contribution >= 4 is 10.2 Å². The fraction of sp³-hybridized carbons (Fsp3) is 0.562. The minimum absolute atomic E-state index is 0.0668. The van der Waals surface area contributed by atoms with E-state index in [1.165, 1.54) is 4.31 Å². The Balaban J connectivity index is 1.91. The monoisotopic (exact) mass is 364 g/mol. The molecular weight excluding hydrogens is 340 g/mol. The first-order valence-electron chi connectivity index (χ1n) is 8.30. The zero-order valence-corrected chi connectivity index (χ0v) is 15.9. The van der Waals surface area contributed by atoms with E-state index in [9.17, 15) is 8.42 Å². The van der Waals surface area contributed by atoms with Gasteiger partial charge < -0.3 is 0 Å². The van der Waals surface area contributed by atoms with Gasteiger partial charge in [0.1, 0.15) is 5.82 Å². The summed E-state index contributed by atoms with van der Waals surface area (Å²) in [7, 11) is 1.60. The van der Waals surface area contributed by atoms with Gasteiger partial charge in [-0.05, 0) is 31.9 Å². The Labute approximate surface area is 148 Å². The number of nitrogens with zero attached hydrogens (tertiary/aromatic N) is 6. The lowest BCUT2D eigenvalue weighted by Crippen LogP contribution is -2.45. The van der Waals surface area contributed by atoms with Gasteiger partial charge in [0.25, 0.3) is 10.2 Å². The van der Waals surface area contributed by atoms with Gasteiger partial charge in [0.2, 0.25) is 0 Å². The fourth-order valence-corrected chi connectivity index (χ4v) is 4.37. The van der Waals surface area contributed by atoms with E-state index in [1.54, 1.807) is 29.3 Å². The van der Waals surface area contributed by atoms with Gasteiger partial charge in [-0.1, -0.05) is 0 Å². The molecular formula is C16H24N6O2S. The van der Waals surface area contributed by atoms with E-state index in [2.05, 4.69) is 15.1 Å². The lowest BCUT2D eigenvalue weighted by atomic mass is 9.95. The topological polar surface area (TPSA) is 84.2 Å². The van der Waals surface area contributed by atoms with Crippen molar-refractivity contribution in [1.29, 1.82) is 0 Å². The highest BCUT2D eigenvalue weighted by atomic mass is 32.2. The summed E-state index contributed by atoms with van der Waals surface area (Å²) in [6.07, 6.45) is 3.47. The molecule has 25 heavy (non-hydrogen) atoms. The quantitative estimate of drug-likeness (QED) is 0.813. The molecule has 9 heteroatoms. The number of hydrogen-bond donors (Lipinski definition) is 0. The van der Waals surface area contributed by atoms with E-state index in [1.807, 2.05) is 26.1 Å². The van der Waals surface area contributed by atoms with E-state index in [-0.39, 0.29) is 5.92 Å². The molecule has 0 aromatic carbocycles. The van der Waals surface area contributed by atoms with Crippen LogP contribution in [-0.4, -0.2) is 64.0 Å². The summed E-state index contributed by atoms with van der Waals surface area (Å²) in [5.41, 5.74) is 2.62. The van der Waals surface area contributed by atoms with Gasteiger partial charge in [0, 0.05) is 52.0 Å². The maximum absolute atomic E-state index is 12.4. The largest absolute Gasteiger partial charge is 0.281 e. The second-order valence-electron chi connectivity index (χ2n) is 6.55. The minimum atomic E-state index is -3.40. The maximum Gasteiger partial charge on any atom is 0.281 e. The van der Waals surface area contributed by atoms with Crippen LogP contribution in [-0.2, 0) is 17.3 Å². The Morgan fingerprint density at radius 1 is 1.28 bits per heavy atom. The predicted octanol–water partition coefficient (Wildman–Crippen LogP) is 1.17. The molecule has 0 unspecified atom stereocenters. The molecule has 2 aromatic heterocycles. The van der Waals surface area contributed by atoms with Crippen molar-refractivity contribution in [1.82, 2.24) is 28.4 Å². The molecule has 0 bridgehead atoms. The predicted molar refractivity (Wildman–Crippen MR) is 95.1 cm³/mol. The number of hydrogen-bond acceptors (Lipinski definition) is 5. The van der Waals surface area contributed by atoms with Crippen LogP contribution in [0.15, 0.2) is 18.3 Å². The molecule has 1 aliphatic rings. The van der Waals surface area contributed by atoms with Gasteiger partial charge in [-0.2, -0.15) is 22.1 Å². The molecule has 136 valence electrons. The van der Waals surface area contributed by atoms with Gasteiger partial charge in [-0.3, -0.25) is 4.68 Å². The normalized spacial score (nSPS) is 19.5. The highest BCUT2D eigenvalue weighted by Gasteiger charge is 2.32. The van der Waals surface area contributed by atoms with Crippen LogP contribution in [0.5, 0.6) is 0 Å². The Kier molecular flexibility index (Phi) is 4.90. The van der Waals surface area contributed by atoms with E-state index in [4.69, 9.17) is 0 Å². The summed E-state index contributed by atoms with van der Waals surface area (Å²) >= 11 is 0. The molecule has 3 heterocycles. The Morgan fingerprint density at radius 2 is 2.04 bits per heavy atom. The van der Waals surface area contributed by atoms with Gasteiger partial charge in [-0.25, -0.2) is 9.97 Å². The van der Waals surface area contributed by atoms with E-state index in [0.29, 0.717) is 18.9 Å². The molecule has 0 aliphatic carbocycles. The number of aryl methyl sites for hydroxylation is 2. The van der Waals surface area contributed by atoms with E-state index >= 15 is 0 Å². The van der Waals surface area contributed by atoms with Crippen LogP contribution in [0.4, 0.5) is 0 Å². The van der Waals surface area contributed by atoms with Crippen LogP contribution in [0.25, 0.3) is 11.4 Å². The van der Waals surface area contributed by atoms with Gasteiger partial charge in [0.15, 0.2) is 0 Å². The number of rotatable bonds is 4. The third-order valence-electron chi connectivity index (χ3n) is 4.53. The highest BCUT2D eigenvalue weighted by molar-refractivity contribution is 7.86. The van der Waals surface area contributed by atoms with Gasteiger partial charge in [0.05, 0.1) is 11.4 Å². The SMILES string of the molecule is Cc1nc(-c2ccnn2C)cc([C@H]2CCCN(S(=O)(=O)N(C)C)C2)n1. The summed E-state index contributed by atoms with van der Waals surface area (Å²) < 4.78 is 29.5. The number of piperidine rings is 1. The van der Waals surface area contributed by atoms with Crippen molar-refractivity contribution in [2.24, 2.45) is 7.05 Å². The first kappa shape index (κ1) is 18.0. The van der Waals surface area contributed by atoms with Crippen LogP contribution in [0.3, 0.4) is 0 Å². The van der Waals surface area contributed by atoms with Gasteiger partial charge >= 0.3 is 0 Å². The summed E-state index contributed by atoms with van der Waals surface area (Å²) in [6, 6.07) is 3.87. The van der Waals surface area contributed by atoms with Crippen LogP contribution >= 0.6 is 0 Å². The molecule has 0 spiro atoms. The summed E-state index contributed by atoms with van der Waals surface area (Å²) in [5, 5.41) is 4.19.